The number of carbonyl (C=O) groups excluding carboxylic acids is 1. The van der Waals surface area contributed by atoms with Crippen LogP contribution in [0.25, 0.3) is 0 Å². The van der Waals surface area contributed by atoms with Crippen LogP contribution in [0.5, 0.6) is 0 Å². The molecule has 1 aromatic heterocycles. The van der Waals surface area contributed by atoms with Gasteiger partial charge < -0.3 is 9.84 Å². The van der Waals surface area contributed by atoms with Gasteiger partial charge in [-0.1, -0.05) is 0 Å². The Morgan fingerprint density at radius 2 is 2.24 bits per heavy atom. The maximum Gasteiger partial charge on any atom is 0.337 e. The first-order valence-corrected chi connectivity index (χ1v) is 6.20. The van der Waals surface area contributed by atoms with Crippen molar-refractivity contribution >= 4 is 23.7 Å². The highest BCUT2D eigenvalue weighted by atomic mass is 32.2. The van der Waals surface area contributed by atoms with Gasteiger partial charge >= 0.3 is 11.9 Å². The van der Waals surface area contributed by atoms with Gasteiger partial charge in [-0.25, -0.2) is 4.79 Å². The van der Waals surface area contributed by atoms with Crippen molar-refractivity contribution in [1.29, 1.82) is 0 Å². The number of thioether (sulfide) groups is 1. The summed E-state index contributed by atoms with van der Waals surface area (Å²) in [6.07, 6.45) is 1.31. The number of aromatic carboxylic acids is 1. The van der Waals surface area contributed by atoms with Crippen LogP contribution in [0, 0.1) is 0 Å². The first-order chi connectivity index (χ1) is 8.13. The summed E-state index contributed by atoms with van der Waals surface area (Å²) in [6.45, 7) is 2.14. The van der Waals surface area contributed by atoms with Crippen LogP contribution in [0.15, 0.2) is 18.3 Å². The minimum atomic E-state index is -0.997. The SMILES string of the molecule is CCOC(=O)CSCc1ccc(C(=O)O)cn1. The van der Waals surface area contributed by atoms with E-state index < -0.39 is 5.97 Å². The molecule has 17 heavy (non-hydrogen) atoms. The van der Waals surface area contributed by atoms with Crippen molar-refractivity contribution in [3.63, 3.8) is 0 Å². The lowest BCUT2D eigenvalue weighted by Gasteiger charge is -2.02. The number of nitrogens with zero attached hydrogens (tertiary/aromatic N) is 1. The summed E-state index contributed by atoms with van der Waals surface area (Å²) >= 11 is 1.38. The first-order valence-electron chi connectivity index (χ1n) is 5.05. The first kappa shape index (κ1) is 13.5. The van der Waals surface area contributed by atoms with Crippen LogP contribution in [0.4, 0.5) is 0 Å². The maximum absolute atomic E-state index is 11.0. The summed E-state index contributed by atoms with van der Waals surface area (Å²) in [4.78, 5) is 25.6. The number of pyridine rings is 1. The van der Waals surface area contributed by atoms with E-state index in [0.29, 0.717) is 12.4 Å². The number of hydrogen-bond donors (Lipinski definition) is 1. The van der Waals surface area contributed by atoms with E-state index in [9.17, 15) is 9.59 Å². The van der Waals surface area contributed by atoms with Crippen LogP contribution in [0.1, 0.15) is 23.0 Å². The fourth-order valence-electron chi connectivity index (χ4n) is 1.08. The lowest BCUT2D eigenvalue weighted by atomic mass is 10.2. The van der Waals surface area contributed by atoms with Gasteiger partial charge in [0.25, 0.3) is 0 Å². The molecule has 0 amide bonds. The van der Waals surface area contributed by atoms with E-state index in [-0.39, 0.29) is 17.3 Å². The van der Waals surface area contributed by atoms with Crippen LogP contribution in [0.3, 0.4) is 0 Å². The van der Waals surface area contributed by atoms with Gasteiger partial charge in [0, 0.05) is 11.9 Å². The van der Waals surface area contributed by atoms with Gasteiger partial charge in [-0.15, -0.1) is 11.8 Å². The summed E-state index contributed by atoms with van der Waals surface area (Å²) in [7, 11) is 0. The molecule has 0 unspecified atom stereocenters. The fraction of sp³-hybridized carbons (Fsp3) is 0.364. The van der Waals surface area contributed by atoms with Crippen LogP contribution >= 0.6 is 11.8 Å². The van der Waals surface area contributed by atoms with Crippen LogP contribution in [0.2, 0.25) is 0 Å². The molecule has 0 aliphatic carbocycles. The third-order valence-corrected chi connectivity index (χ3v) is 2.79. The van der Waals surface area contributed by atoms with Crippen molar-refractivity contribution in [2.75, 3.05) is 12.4 Å². The van der Waals surface area contributed by atoms with Gasteiger partial charge in [-0.3, -0.25) is 9.78 Å². The van der Waals surface area contributed by atoms with Crippen molar-refractivity contribution in [3.8, 4) is 0 Å². The van der Waals surface area contributed by atoms with E-state index in [2.05, 4.69) is 4.98 Å². The van der Waals surface area contributed by atoms with Gasteiger partial charge in [-0.05, 0) is 19.1 Å². The molecular formula is C11H13NO4S. The Morgan fingerprint density at radius 1 is 1.47 bits per heavy atom. The van der Waals surface area contributed by atoms with Crippen molar-refractivity contribution < 1.29 is 19.4 Å². The molecule has 0 spiro atoms. The average molecular weight is 255 g/mol. The molecule has 1 N–H and O–H groups in total. The van der Waals surface area contributed by atoms with E-state index in [0.717, 1.165) is 5.69 Å². The van der Waals surface area contributed by atoms with E-state index in [1.165, 1.54) is 24.0 Å². The predicted molar refractivity (Wildman–Crippen MR) is 64.0 cm³/mol. The molecule has 1 aromatic rings. The lowest BCUT2D eigenvalue weighted by molar-refractivity contribution is -0.139. The zero-order valence-corrected chi connectivity index (χ0v) is 10.2. The minimum absolute atomic E-state index is 0.157. The molecule has 0 atom stereocenters. The second-order valence-electron chi connectivity index (χ2n) is 3.14. The van der Waals surface area contributed by atoms with E-state index in [1.807, 2.05) is 0 Å². The maximum atomic E-state index is 11.0. The monoisotopic (exact) mass is 255 g/mol. The number of hydrogen-bond acceptors (Lipinski definition) is 5. The highest BCUT2D eigenvalue weighted by molar-refractivity contribution is 7.99. The van der Waals surface area contributed by atoms with Gasteiger partial charge in [0.2, 0.25) is 0 Å². The minimum Gasteiger partial charge on any atom is -0.478 e. The molecule has 6 heteroatoms. The molecule has 0 bridgehead atoms. The highest BCUT2D eigenvalue weighted by Crippen LogP contribution is 2.10. The van der Waals surface area contributed by atoms with E-state index >= 15 is 0 Å². The quantitative estimate of drug-likeness (QED) is 0.778. The largest absolute Gasteiger partial charge is 0.478 e. The molecular weight excluding hydrogens is 242 g/mol. The normalized spacial score (nSPS) is 9.94. The third-order valence-electron chi connectivity index (χ3n) is 1.85. The summed E-state index contributed by atoms with van der Waals surface area (Å²) in [5.74, 6) is -0.419. The van der Waals surface area contributed by atoms with Gasteiger partial charge in [0.05, 0.1) is 23.6 Å². The fourth-order valence-corrected chi connectivity index (χ4v) is 1.81. The smallest absolute Gasteiger partial charge is 0.337 e. The van der Waals surface area contributed by atoms with Crippen molar-refractivity contribution in [3.05, 3.63) is 29.6 Å². The van der Waals surface area contributed by atoms with Crippen LogP contribution in [-0.2, 0) is 15.3 Å². The van der Waals surface area contributed by atoms with Crippen LogP contribution in [-0.4, -0.2) is 34.4 Å². The Hall–Kier alpha value is -1.56. The molecule has 5 nitrogen and oxygen atoms in total. The Kier molecular flexibility index (Phi) is 5.48. The van der Waals surface area contributed by atoms with Gasteiger partial charge in [0.15, 0.2) is 0 Å². The lowest BCUT2D eigenvalue weighted by Crippen LogP contribution is -2.07. The molecule has 92 valence electrons. The Morgan fingerprint density at radius 3 is 2.76 bits per heavy atom. The molecule has 0 fully saturated rings. The molecule has 0 saturated heterocycles. The third kappa shape index (κ3) is 4.86. The van der Waals surface area contributed by atoms with Crippen LogP contribution < -0.4 is 0 Å². The summed E-state index contributed by atoms with van der Waals surface area (Å²) in [5.41, 5.74) is 0.897. The van der Waals surface area contributed by atoms with E-state index in [4.69, 9.17) is 9.84 Å². The number of rotatable bonds is 6. The number of carboxylic acid groups (broad SMARTS) is 1. The topological polar surface area (TPSA) is 76.5 Å². The number of aromatic nitrogens is 1. The molecule has 0 saturated carbocycles. The van der Waals surface area contributed by atoms with Gasteiger partial charge in [-0.2, -0.15) is 0 Å². The summed E-state index contributed by atoms with van der Waals surface area (Å²) in [5, 5.41) is 8.68. The number of carbonyl (C=O) groups is 2. The number of carboxylic acids is 1. The van der Waals surface area contributed by atoms with Gasteiger partial charge in [0.1, 0.15) is 0 Å². The van der Waals surface area contributed by atoms with Crippen molar-refractivity contribution in [2.45, 2.75) is 12.7 Å². The zero-order chi connectivity index (χ0) is 12.7. The average Bonchev–Trinajstić information content (AvgIpc) is 2.30. The Balaban J connectivity index is 2.37. The summed E-state index contributed by atoms with van der Waals surface area (Å²) in [6, 6.07) is 3.14. The standard InChI is InChI=1S/C11H13NO4S/c1-2-16-10(13)7-17-6-9-4-3-8(5-12-9)11(14)15/h3-5H,2,6-7H2,1H3,(H,14,15). The number of ether oxygens (including phenoxy) is 1. The Bertz CT molecular complexity index is 391. The molecule has 0 aliphatic heterocycles. The molecule has 0 aromatic carbocycles. The van der Waals surface area contributed by atoms with Crippen molar-refractivity contribution in [2.24, 2.45) is 0 Å². The zero-order valence-electron chi connectivity index (χ0n) is 9.38. The molecule has 1 rings (SSSR count). The highest BCUT2D eigenvalue weighted by Gasteiger charge is 2.05. The predicted octanol–water partition coefficient (Wildman–Crippen LogP) is 1.58. The summed E-state index contributed by atoms with van der Waals surface area (Å²) < 4.78 is 4.77. The molecule has 1 heterocycles. The Labute approximate surface area is 103 Å². The second-order valence-corrected chi connectivity index (χ2v) is 4.13. The van der Waals surface area contributed by atoms with Crippen molar-refractivity contribution in [1.82, 2.24) is 4.98 Å². The molecule has 0 aliphatic rings. The van der Waals surface area contributed by atoms with E-state index in [1.54, 1.807) is 13.0 Å². The number of esters is 1. The second kappa shape index (κ2) is 6.90. The molecule has 0 radical (unpaired) electrons.